The molecule has 0 spiro atoms. The number of guanidine groups is 1. The van der Waals surface area contributed by atoms with Gasteiger partial charge < -0.3 is 15.2 Å². The van der Waals surface area contributed by atoms with Crippen LogP contribution < -0.4 is 10.7 Å². The summed E-state index contributed by atoms with van der Waals surface area (Å²) < 4.78 is 4.94. The number of hydrogen-bond acceptors (Lipinski definition) is 8. The van der Waals surface area contributed by atoms with E-state index in [1.807, 2.05) is 0 Å². The summed E-state index contributed by atoms with van der Waals surface area (Å²) >= 11 is 0. The van der Waals surface area contributed by atoms with Crippen LogP contribution in [0.25, 0.3) is 0 Å². The first kappa shape index (κ1) is 21.0. The van der Waals surface area contributed by atoms with Gasteiger partial charge in [0.15, 0.2) is 5.03 Å². The topological polar surface area (TPSA) is 187 Å². The van der Waals surface area contributed by atoms with Crippen molar-refractivity contribution >= 4 is 18.0 Å². The number of nitrogens with one attached hydrogen (secondary N) is 3. The highest BCUT2D eigenvalue weighted by atomic mass is 16.7. The molecule has 0 radical (unpaired) electrons. The first-order valence-corrected chi connectivity index (χ1v) is 6.79. The first-order valence-electron chi connectivity index (χ1n) is 6.79. The largest absolute Gasteiger partial charge is 0.480 e. The molecule has 0 aromatic rings. The number of hydrogen-bond donors (Lipinski definition) is 4. The molecule has 0 rings (SSSR count). The van der Waals surface area contributed by atoms with E-state index in [0.717, 1.165) is 0 Å². The number of aliphatic carboxylic acids is 1. The molecule has 0 saturated heterocycles. The van der Waals surface area contributed by atoms with E-state index in [2.05, 4.69) is 10.6 Å². The highest BCUT2D eigenvalue weighted by Crippen LogP contribution is 2.08. The SMILES string of the molecule is CC(C)(C)OC(=O)N[C@@H](CCCN(N=O)C(=N)N[N+](=O)[O-])C(=O)O. The molecule has 0 aliphatic carbocycles. The average Bonchev–Trinajstić information content (AvgIpc) is 2.38. The quantitative estimate of drug-likeness (QED) is 0.159. The minimum Gasteiger partial charge on any atom is -0.480 e. The monoisotopic (exact) mass is 348 g/mol. The van der Waals surface area contributed by atoms with Crippen LogP contribution in [0, 0.1) is 20.4 Å². The molecule has 1 amide bonds. The Balaban J connectivity index is 4.51. The number of carbonyl (C=O) groups excluding carboxylic acids is 1. The Labute approximate surface area is 136 Å². The van der Waals surface area contributed by atoms with Crippen molar-refractivity contribution in [2.24, 2.45) is 5.29 Å². The lowest BCUT2D eigenvalue weighted by molar-refractivity contribution is -0.526. The Morgan fingerprint density at radius 2 is 2.04 bits per heavy atom. The summed E-state index contributed by atoms with van der Waals surface area (Å²) in [6.45, 7) is 4.60. The van der Waals surface area contributed by atoms with Gasteiger partial charge >= 0.3 is 12.1 Å². The molecular weight excluding hydrogens is 328 g/mol. The summed E-state index contributed by atoms with van der Waals surface area (Å²) in [4.78, 5) is 43.4. The third-order valence-electron chi connectivity index (χ3n) is 2.41. The number of carbonyl (C=O) groups is 2. The summed E-state index contributed by atoms with van der Waals surface area (Å²) in [5, 5.41) is 30.5. The van der Waals surface area contributed by atoms with Crippen molar-refractivity contribution in [3.05, 3.63) is 15.0 Å². The second-order valence-electron chi connectivity index (χ2n) is 5.60. The van der Waals surface area contributed by atoms with Gasteiger partial charge in [-0.2, -0.15) is 5.01 Å². The van der Waals surface area contributed by atoms with Gasteiger partial charge in [0, 0.05) is 6.54 Å². The number of carboxylic acids is 1. The van der Waals surface area contributed by atoms with Crippen LogP contribution in [0.3, 0.4) is 0 Å². The molecule has 4 N–H and O–H groups in total. The molecule has 0 saturated carbocycles. The van der Waals surface area contributed by atoms with E-state index in [0.29, 0.717) is 5.01 Å². The highest BCUT2D eigenvalue weighted by molar-refractivity contribution is 5.80. The Bertz CT molecular complexity index is 504. The van der Waals surface area contributed by atoms with Gasteiger partial charge in [0.1, 0.15) is 11.6 Å². The van der Waals surface area contributed by atoms with Crippen molar-refractivity contribution in [1.29, 1.82) is 5.41 Å². The van der Waals surface area contributed by atoms with Crippen molar-refractivity contribution in [3.8, 4) is 0 Å². The van der Waals surface area contributed by atoms with Gasteiger partial charge in [0.05, 0.1) is 5.29 Å². The van der Waals surface area contributed by atoms with Gasteiger partial charge in [-0.15, -0.1) is 4.91 Å². The molecule has 0 aliphatic heterocycles. The molecular formula is C11H20N6O7. The summed E-state index contributed by atoms with van der Waals surface area (Å²) in [5.41, 5.74) is 0.647. The van der Waals surface area contributed by atoms with E-state index < -0.39 is 34.7 Å². The average molecular weight is 348 g/mol. The number of carboxylic acid groups (broad SMARTS) is 1. The molecule has 0 bridgehead atoms. The lowest BCUT2D eigenvalue weighted by Gasteiger charge is -2.22. The number of nitro groups is 1. The Morgan fingerprint density at radius 1 is 1.46 bits per heavy atom. The fourth-order valence-electron chi connectivity index (χ4n) is 1.49. The number of hydrazine groups is 1. The lowest BCUT2D eigenvalue weighted by Crippen LogP contribution is -2.44. The van der Waals surface area contributed by atoms with Crippen molar-refractivity contribution in [2.75, 3.05) is 6.54 Å². The van der Waals surface area contributed by atoms with Crippen molar-refractivity contribution < 1.29 is 24.5 Å². The second kappa shape index (κ2) is 9.22. The smallest absolute Gasteiger partial charge is 0.408 e. The van der Waals surface area contributed by atoms with Crippen LogP contribution in [0.2, 0.25) is 0 Å². The molecule has 13 nitrogen and oxygen atoms in total. The van der Waals surface area contributed by atoms with Crippen LogP contribution in [0.15, 0.2) is 5.29 Å². The maximum absolute atomic E-state index is 11.6. The van der Waals surface area contributed by atoms with Gasteiger partial charge in [-0.05, 0) is 33.6 Å². The molecule has 24 heavy (non-hydrogen) atoms. The number of nitroso groups, excluding NO2 is 1. The zero-order chi connectivity index (χ0) is 18.9. The summed E-state index contributed by atoms with van der Waals surface area (Å²) in [7, 11) is 0. The predicted molar refractivity (Wildman–Crippen MR) is 80.4 cm³/mol. The molecule has 0 fully saturated rings. The van der Waals surface area contributed by atoms with E-state index in [1.165, 1.54) is 5.43 Å². The van der Waals surface area contributed by atoms with Crippen molar-refractivity contribution in [3.63, 3.8) is 0 Å². The van der Waals surface area contributed by atoms with Gasteiger partial charge in [0.25, 0.3) is 5.96 Å². The van der Waals surface area contributed by atoms with Crippen molar-refractivity contribution in [1.82, 2.24) is 15.8 Å². The van der Waals surface area contributed by atoms with E-state index in [1.54, 1.807) is 20.8 Å². The molecule has 0 aliphatic rings. The van der Waals surface area contributed by atoms with Gasteiger partial charge in [-0.3, -0.25) is 5.41 Å². The maximum Gasteiger partial charge on any atom is 0.408 e. The number of nitrogens with zero attached hydrogens (tertiary/aromatic N) is 3. The predicted octanol–water partition coefficient (Wildman–Crippen LogP) is 0.444. The molecule has 13 heteroatoms. The first-order chi connectivity index (χ1) is 11.0. The van der Waals surface area contributed by atoms with Gasteiger partial charge in [-0.25, -0.2) is 19.7 Å². The summed E-state index contributed by atoms with van der Waals surface area (Å²) in [6.07, 6.45) is -1.00. The number of alkyl carbamates (subject to hydrolysis) is 1. The van der Waals surface area contributed by atoms with Crippen LogP contribution in [0.4, 0.5) is 4.79 Å². The Morgan fingerprint density at radius 3 is 2.46 bits per heavy atom. The van der Waals surface area contributed by atoms with Crippen LogP contribution in [0.5, 0.6) is 0 Å². The number of rotatable bonds is 8. The molecule has 136 valence electrons. The van der Waals surface area contributed by atoms with Crippen LogP contribution in [0.1, 0.15) is 33.6 Å². The highest BCUT2D eigenvalue weighted by Gasteiger charge is 2.24. The Kier molecular flexibility index (Phi) is 8.07. The van der Waals surface area contributed by atoms with Crippen LogP contribution >= 0.6 is 0 Å². The fraction of sp³-hybridized carbons (Fsp3) is 0.727. The molecule has 0 aromatic heterocycles. The molecule has 1 atom stereocenters. The Hall–Kier alpha value is -2.99. The second-order valence-corrected chi connectivity index (χ2v) is 5.60. The molecule has 0 heterocycles. The third-order valence-corrected chi connectivity index (χ3v) is 2.41. The summed E-state index contributed by atoms with van der Waals surface area (Å²) in [6, 6.07) is -1.29. The number of ether oxygens (including phenoxy) is 1. The lowest BCUT2D eigenvalue weighted by atomic mass is 10.1. The van der Waals surface area contributed by atoms with Crippen molar-refractivity contribution in [2.45, 2.75) is 45.3 Å². The normalized spacial score (nSPS) is 11.8. The standard InChI is InChI=1S/C11H20N6O7/c1-11(2,3)24-10(20)13-7(8(18)19)5-4-6-16(15-21)9(12)14-17(22)23/h7H,4-6H2,1-3H3,(H2,12,14)(H,13,20)(H,18,19)/t7-/m0/s1. The van der Waals surface area contributed by atoms with E-state index >= 15 is 0 Å². The maximum atomic E-state index is 11.6. The van der Waals surface area contributed by atoms with Crippen LogP contribution in [-0.4, -0.2) is 51.4 Å². The third kappa shape index (κ3) is 9.11. The van der Waals surface area contributed by atoms with E-state index in [9.17, 15) is 24.6 Å². The van der Waals surface area contributed by atoms with Gasteiger partial charge in [-0.1, -0.05) is 5.43 Å². The zero-order valence-corrected chi connectivity index (χ0v) is 13.4. The molecule has 0 unspecified atom stereocenters. The van der Waals surface area contributed by atoms with Gasteiger partial charge in [0.2, 0.25) is 0 Å². The van der Waals surface area contributed by atoms with E-state index in [4.69, 9.17) is 15.3 Å². The molecule has 0 aromatic carbocycles. The minimum absolute atomic E-state index is 0.0142. The van der Waals surface area contributed by atoms with Crippen LogP contribution in [-0.2, 0) is 9.53 Å². The van der Waals surface area contributed by atoms with E-state index in [-0.39, 0.29) is 19.4 Å². The number of amides is 1. The summed E-state index contributed by atoms with van der Waals surface area (Å²) in [5.74, 6) is -2.17. The zero-order valence-electron chi connectivity index (χ0n) is 13.4. The fourth-order valence-corrected chi connectivity index (χ4v) is 1.49. The minimum atomic E-state index is -1.31.